The van der Waals surface area contributed by atoms with Gasteiger partial charge in [0, 0.05) is 5.75 Å². The molecule has 0 amide bonds. The number of hydrogen-bond acceptors (Lipinski definition) is 9. The van der Waals surface area contributed by atoms with E-state index in [4.69, 9.17) is 14.7 Å². The molecule has 0 aliphatic carbocycles. The highest BCUT2D eigenvalue weighted by Gasteiger charge is 2.67. The van der Waals surface area contributed by atoms with E-state index in [1.807, 2.05) is 6.07 Å². The van der Waals surface area contributed by atoms with Crippen molar-refractivity contribution in [3.8, 4) is 6.07 Å². The van der Waals surface area contributed by atoms with Gasteiger partial charge in [0.15, 0.2) is 0 Å². The number of sulfonamides is 1. The molecule has 0 radical (unpaired) electrons. The molecule has 9 nitrogen and oxygen atoms in total. The van der Waals surface area contributed by atoms with Crippen LogP contribution in [0.5, 0.6) is 0 Å². The zero-order valence-corrected chi connectivity index (χ0v) is 21.1. The van der Waals surface area contributed by atoms with Gasteiger partial charge in [-0.05, 0) is 50.6 Å². The molecule has 2 atom stereocenters. The number of rotatable bonds is 7. The van der Waals surface area contributed by atoms with Crippen LogP contribution in [0.4, 0.5) is 0 Å². The van der Waals surface area contributed by atoms with Gasteiger partial charge in [-0.15, -0.1) is 11.8 Å². The minimum Gasteiger partial charge on any atom is -0.464 e. The van der Waals surface area contributed by atoms with Crippen LogP contribution in [-0.4, -0.2) is 60.4 Å². The summed E-state index contributed by atoms with van der Waals surface area (Å²) in [5.41, 5.74) is -1.11. The second-order valence-electron chi connectivity index (χ2n) is 7.76. The van der Waals surface area contributed by atoms with Crippen LogP contribution in [0.25, 0.3) is 0 Å². The van der Waals surface area contributed by atoms with Crippen molar-refractivity contribution < 1.29 is 32.6 Å². The van der Waals surface area contributed by atoms with E-state index in [1.165, 1.54) is 38.1 Å². The highest BCUT2D eigenvalue weighted by molar-refractivity contribution is 8.00. The first kappa shape index (κ1) is 26.7. The fraction of sp³-hybridized carbons (Fsp3) is 0.375. The van der Waals surface area contributed by atoms with Crippen molar-refractivity contribution in [2.24, 2.45) is 0 Å². The van der Waals surface area contributed by atoms with Gasteiger partial charge in [-0.25, -0.2) is 18.0 Å². The third-order valence-electron chi connectivity index (χ3n) is 5.53. The van der Waals surface area contributed by atoms with Crippen molar-refractivity contribution in [1.29, 1.82) is 5.26 Å². The summed E-state index contributed by atoms with van der Waals surface area (Å²) in [7, 11) is -4.57. The molecular formula is C24H26N2O7S2. The molecule has 0 saturated carbocycles. The Kier molecular flexibility index (Phi) is 8.22. The van der Waals surface area contributed by atoms with E-state index in [1.54, 1.807) is 31.2 Å². The van der Waals surface area contributed by atoms with E-state index >= 15 is 0 Å². The first-order chi connectivity index (χ1) is 16.6. The van der Waals surface area contributed by atoms with Gasteiger partial charge in [0.2, 0.25) is 10.0 Å². The normalized spacial score (nSPS) is 20.0. The molecular weight excluding hydrogens is 492 g/mol. The van der Waals surface area contributed by atoms with Crippen LogP contribution >= 0.6 is 11.8 Å². The smallest absolute Gasteiger partial charge is 0.342 e. The maximum Gasteiger partial charge on any atom is 0.342 e. The summed E-state index contributed by atoms with van der Waals surface area (Å²) in [6, 6.07) is 14.0. The molecule has 1 N–H and O–H groups in total. The van der Waals surface area contributed by atoms with E-state index in [0.29, 0.717) is 15.4 Å². The molecule has 0 unspecified atom stereocenters. The number of aliphatic hydroxyl groups excluding tert-OH is 1. The monoisotopic (exact) mass is 518 g/mol. The minimum absolute atomic E-state index is 0.151. The fourth-order valence-corrected chi connectivity index (χ4v) is 7.32. The summed E-state index contributed by atoms with van der Waals surface area (Å²) in [5, 5.41) is 19.2. The molecule has 1 heterocycles. The average Bonchev–Trinajstić information content (AvgIpc) is 2.84. The molecule has 1 fully saturated rings. The summed E-state index contributed by atoms with van der Waals surface area (Å²) in [6.45, 7) is 4.51. The highest BCUT2D eigenvalue weighted by Crippen LogP contribution is 2.49. The van der Waals surface area contributed by atoms with Crippen molar-refractivity contribution in [2.45, 2.75) is 42.7 Å². The Morgan fingerprint density at radius 3 is 2.11 bits per heavy atom. The maximum atomic E-state index is 14.1. The van der Waals surface area contributed by atoms with Crippen molar-refractivity contribution in [3.05, 3.63) is 65.2 Å². The molecule has 0 bridgehead atoms. The average molecular weight is 519 g/mol. The van der Waals surface area contributed by atoms with Crippen molar-refractivity contribution in [3.63, 3.8) is 0 Å². The van der Waals surface area contributed by atoms with Crippen LogP contribution in [0.2, 0.25) is 0 Å². The van der Waals surface area contributed by atoms with Gasteiger partial charge in [-0.3, -0.25) is 0 Å². The Bertz CT molecular complexity index is 1200. The number of hydrogen-bond donors (Lipinski definition) is 1. The van der Waals surface area contributed by atoms with Gasteiger partial charge in [-0.1, -0.05) is 29.8 Å². The number of aryl methyl sites for hydroxylation is 1. The third kappa shape index (κ3) is 4.79. The van der Waals surface area contributed by atoms with E-state index in [2.05, 4.69) is 0 Å². The molecule has 0 aromatic heterocycles. The zero-order chi connectivity index (χ0) is 25.8. The van der Waals surface area contributed by atoms with Crippen LogP contribution in [0, 0.1) is 18.3 Å². The predicted molar refractivity (Wildman–Crippen MR) is 129 cm³/mol. The summed E-state index contributed by atoms with van der Waals surface area (Å²) in [6.07, 6.45) is -1.75. The number of benzene rings is 2. The number of aliphatic hydroxyl groups is 1. The Balaban J connectivity index is 2.34. The first-order valence-electron chi connectivity index (χ1n) is 10.9. The van der Waals surface area contributed by atoms with Gasteiger partial charge < -0.3 is 14.6 Å². The number of thioether (sulfide) groups is 1. The van der Waals surface area contributed by atoms with Gasteiger partial charge in [0.25, 0.3) is 5.54 Å². The summed E-state index contributed by atoms with van der Waals surface area (Å²) in [5.74, 6) is -2.59. The zero-order valence-electron chi connectivity index (χ0n) is 19.5. The largest absolute Gasteiger partial charge is 0.464 e. The Labute approximate surface area is 208 Å². The topological polar surface area (TPSA) is 134 Å². The fourth-order valence-electron chi connectivity index (χ4n) is 3.81. The number of nitriles is 1. The predicted octanol–water partition coefficient (Wildman–Crippen LogP) is 2.53. The molecule has 0 spiro atoms. The first-order valence-corrected chi connectivity index (χ1v) is 13.4. The molecule has 2 aromatic rings. The van der Waals surface area contributed by atoms with E-state index in [0.717, 1.165) is 17.3 Å². The van der Waals surface area contributed by atoms with Crippen molar-refractivity contribution >= 4 is 33.7 Å². The standard InChI is InChI=1S/C24H26N2O7S2/c1-4-32-22(28)24(23(29)33-5-2)20(27)15-34-21(18-10-8-17(14-25)9-11-18)26(24)35(30,31)19-12-6-16(3)7-13-19/h6-13,20-21,27H,4-5,15H2,1-3H3/t20-,21+/m1/s1. The van der Waals surface area contributed by atoms with Crippen LogP contribution in [0.15, 0.2) is 53.4 Å². The van der Waals surface area contributed by atoms with Crippen LogP contribution in [-0.2, 0) is 29.1 Å². The quantitative estimate of drug-likeness (QED) is 0.433. The summed E-state index contributed by atoms with van der Waals surface area (Å²) < 4.78 is 39.3. The number of carbonyl (C=O) groups is 2. The number of ether oxygens (including phenoxy) is 2. The highest BCUT2D eigenvalue weighted by atomic mass is 32.2. The molecule has 3 rings (SSSR count). The second-order valence-corrected chi connectivity index (χ2v) is 10.7. The molecule has 1 aliphatic heterocycles. The van der Waals surface area contributed by atoms with Gasteiger partial charge >= 0.3 is 11.9 Å². The van der Waals surface area contributed by atoms with Gasteiger partial charge in [0.1, 0.15) is 6.10 Å². The van der Waals surface area contributed by atoms with Gasteiger partial charge in [0.05, 0.1) is 35.1 Å². The Morgan fingerprint density at radius 2 is 1.63 bits per heavy atom. The Morgan fingerprint density at radius 1 is 1.09 bits per heavy atom. The lowest BCUT2D eigenvalue weighted by atomic mass is 9.91. The van der Waals surface area contributed by atoms with E-state index < -0.39 is 39.0 Å². The molecule has 11 heteroatoms. The third-order valence-corrected chi connectivity index (χ3v) is 8.86. The lowest BCUT2D eigenvalue weighted by molar-refractivity contribution is -0.180. The molecule has 186 valence electrons. The number of carbonyl (C=O) groups excluding carboxylic acids is 2. The van der Waals surface area contributed by atoms with E-state index in [-0.39, 0.29) is 23.9 Å². The molecule has 1 saturated heterocycles. The number of nitrogens with zero attached hydrogens (tertiary/aromatic N) is 2. The summed E-state index contributed by atoms with van der Waals surface area (Å²) in [4.78, 5) is 26.7. The van der Waals surface area contributed by atoms with Crippen LogP contribution in [0.1, 0.15) is 35.9 Å². The maximum absolute atomic E-state index is 14.1. The van der Waals surface area contributed by atoms with E-state index in [9.17, 15) is 23.1 Å². The van der Waals surface area contributed by atoms with Crippen LogP contribution < -0.4 is 0 Å². The number of esters is 2. The second kappa shape index (κ2) is 10.8. The van der Waals surface area contributed by atoms with Crippen molar-refractivity contribution in [2.75, 3.05) is 19.0 Å². The molecule has 35 heavy (non-hydrogen) atoms. The van der Waals surface area contributed by atoms with Gasteiger partial charge in [-0.2, -0.15) is 9.57 Å². The summed E-state index contributed by atoms with van der Waals surface area (Å²) >= 11 is 1.04. The van der Waals surface area contributed by atoms with Crippen LogP contribution in [0.3, 0.4) is 0 Å². The lowest BCUT2D eigenvalue weighted by Gasteiger charge is -2.48. The van der Waals surface area contributed by atoms with Crippen molar-refractivity contribution in [1.82, 2.24) is 4.31 Å². The minimum atomic E-state index is -4.57. The molecule has 1 aliphatic rings. The lowest BCUT2D eigenvalue weighted by Crippen LogP contribution is -2.72. The molecule has 2 aromatic carbocycles. The SMILES string of the molecule is CCOC(=O)C1(C(=O)OCC)[C@H](O)CS[C@@H](c2ccc(C#N)cc2)N1S(=O)(=O)c1ccc(C)cc1. The Hall–Kier alpha value is -2.91.